The maximum Gasteiger partial charge on any atom is 0.133 e. The van der Waals surface area contributed by atoms with Crippen LogP contribution in [0.15, 0.2) is 60.9 Å². The van der Waals surface area contributed by atoms with Crippen LogP contribution in [0.3, 0.4) is 0 Å². The molecule has 126 valence electrons. The molecule has 1 atom stereocenters. The summed E-state index contributed by atoms with van der Waals surface area (Å²) in [4.78, 5) is 9.00. The van der Waals surface area contributed by atoms with E-state index in [1.54, 1.807) is 6.33 Å². The maximum absolute atomic E-state index is 4.56. The van der Waals surface area contributed by atoms with Crippen molar-refractivity contribution >= 4 is 5.82 Å². The standard InChI is InChI=1S/C21H22N4/c1-15-7-5-6-10-17(15)20(16-8-3-2-4-9-16)25-21-18-11-12-22-13-19(18)23-14-24-21/h2-10,14,20,22H,11-13H2,1H3,(H,23,24,25)/t20-/m0/s1. The lowest BCUT2D eigenvalue weighted by molar-refractivity contribution is 0.623. The van der Waals surface area contributed by atoms with Gasteiger partial charge < -0.3 is 10.6 Å². The summed E-state index contributed by atoms with van der Waals surface area (Å²) >= 11 is 0. The highest BCUT2D eigenvalue weighted by Crippen LogP contribution is 2.30. The van der Waals surface area contributed by atoms with Crippen LogP contribution in [0, 0.1) is 6.92 Å². The van der Waals surface area contributed by atoms with Gasteiger partial charge in [-0.3, -0.25) is 0 Å². The minimum atomic E-state index is 0.0660. The molecule has 25 heavy (non-hydrogen) atoms. The summed E-state index contributed by atoms with van der Waals surface area (Å²) in [5.41, 5.74) is 6.11. The first kappa shape index (κ1) is 15.8. The van der Waals surface area contributed by atoms with Crippen molar-refractivity contribution in [3.05, 3.63) is 88.9 Å². The lowest BCUT2D eigenvalue weighted by Gasteiger charge is -2.25. The molecule has 0 saturated heterocycles. The average Bonchev–Trinajstić information content (AvgIpc) is 2.68. The molecule has 0 radical (unpaired) electrons. The zero-order chi connectivity index (χ0) is 17.1. The predicted molar refractivity (Wildman–Crippen MR) is 101 cm³/mol. The zero-order valence-corrected chi connectivity index (χ0v) is 14.4. The zero-order valence-electron chi connectivity index (χ0n) is 14.4. The molecule has 2 aromatic carbocycles. The lowest BCUT2D eigenvalue weighted by atomic mass is 9.94. The Morgan fingerprint density at radius 3 is 2.64 bits per heavy atom. The Morgan fingerprint density at radius 1 is 1.00 bits per heavy atom. The molecule has 4 heteroatoms. The van der Waals surface area contributed by atoms with E-state index in [2.05, 4.69) is 82.1 Å². The van der Waals surface area contributed by atoms with E-state index in [0.29, 0.717) is 0 Å². The van der Waals surface area contributed by atoms with Crippen LogP contribution in [0.25, 0.3) is 0 Å². The number of nitrogens with zero attached hydrogens (tertiary/aromatic N) is 2. The first-order valence-corrected chi connectivity index (χ1v) is 8.73. The fourth-order valence-electron chi connectivity index (χ4n) is 3.44. The summed E-state index contributed by atoms with van der Waals surface area (Å²) in [5.74, 6) is 0.948. The first-order valence-electron chi connectivity index (χ1n) is 8.73. The second kappa shape index (κ2) is 7.03. The van der Waals surface area contributed by atoms with Gasteiger partial charge in [0.25, 0.3) is 0 Å². The quantitative estimate of drug-likeness (QED) is 0.767. The van der Waals surface area contributed by atoms with Crippen molar-refractivity contribution in [2.45, 2.75) is 25.9 Å². The van der Waals surface area contributed by atoms with Gasteiger partial charge in [-0.1, -0.05) is 54.6 Å². The Morgan fingerprint density at radius 2 is 1.80 bits per heavy atom. The van der Waals surface area contributed by atoms with Crippen LogP contribution in [0.1, 0.15) is 34.0 Å². The number of rotatable bonds is 4. The number of nitrogens with one attached hydrogen (secondary N) is 2. The van der Waals surface area contributed by atoms with Gasteiger partial charge in [0.1, 0.15) is 12.1 Å². The smallest absolute Gasteiger partial charge is 0.133 e. The summed E-state index contributed by atoms with van der Waals surface area (Å²) in [6.45, 7) is 3.94. The Labute approximate surface area is 148 Å². The molecule has 1 aromatic heterocycles. The van der Waals surface area contributed by atoms with Gasteiger partial charge in [-0.15, -0.1) is 0 Å². The molecule has 2 N–H and O–H groups in total. The van der Waals surface area contributed by atoms with Crippen molar-refractivity contribution in [1.82, 2.24) is 15.3 Å². The molecule has 0 spiro atoms. The number of benzene rings is 2. The summed E-state index contributed by atoms with van der Waals surface area (Å²) in [6.07, 6.45) is 2.61. The van der Waals surface area contributed by atoms with Gasteiger partial charge in [0.05, 0.1) is 11.7 Å². The van der Waals surface area contributed by atoms with Crippen molar-refractivity contribution in [3.8, 4) is 0 Å². The number of aryl methyl sites for hydroxylation is 1. The van der Waals surface area contributed by atoms with Gasteiger partial charge >= 0.3 is 0 Å². The van der Waals surface area contributed by atoms with E-state index in [1.165, 1.54) is 22.3 Å². The van der Waals surface area contributed by atoms with Gasteiger partial charge in [0, 0.05) is 12.1 Å². The van der Waals surface area contributed by atoms with Crippen LogP contribution in [0.2, 0.25) is 0 Å². The molecular formula is C21H22N4. The van der Waals surface area contributed by atoms with Crippen LogP contribution in [0.4, 0.5) is 5.82 Å². The Kier molecular flexibility index (Phi) is 4.44. The third-order valence-corrected chi connectivity index (χ3v) is 4.79. The van der Waals surface area contributed by atoms with Crippen LogP contribution in [-0.2, 0) is 13.0 Å². The molecule has 3 aromatic rings. The Bertz CT molecular complexity index is 861. The predicted octanol–water partition coefficient (Wildman–Crippen LogP) is 3.63. The molecule has 1 aliphatic heterocycles. The number of hydrogen-bond donors (Lipinski definition) is 2. The second-order valence-electron chi connectivity index (χ2n) is 6.42. The highest BCUT2D eigenvalue weighted by atomic mass is 15.1. The molecule has 4 rings (SSSR count). The van der Waals surface area contributed by atoms with Gasteiger partial charge in [-0.25, -0.2) is 9.97 Å². The maximum atomic E-state index is 4.56. The van der Waals surface area contributed by atoms with Crippen molar-refractivity contribution in [3.63, 3.8) is 0 Å². The normalized spacial score (nSPS) is 14.6. The second-order valence-corrected chi connectivity index (χ2v) is 6.42. The topological polar surface area (TPSA) is 49.8 Å². The van der Waals surface area contributed by atoms with Gasteiger partial charge in [-0.2, -0.15) is 0 Å². The van der Waals surface area contributed by atoms with E-state index in [4.69, 9.17) is 0 Å². The summed E-state index contributed by atoms with van der Waals surface area (Å²) in [7, 11) is 0. The minimum absolute atomic E-state index is 0.0660. The number of anilines is 1. The summed E-state index contributed by atoms with van der Waals surface area (Å²) < 4.78 is 0. The molecular weight excluding hydrogens is 308 g/mol. The van der Waals surface area contributed by atoms with Crippen LogP contribution < -0.4 is 10.6 Å². The molecule has 0 unspecified atom stereocenters. The van der Waals surface area contributed by atoms with Crippen molar-refractivity contribution < 1.29 is 0 Å². The third kappa shape index (κ3) is 3.26. The van der Waals surface area contributed by atoms with Crippen molar-refractivity contribution in [1.29, 1.82) is 0 Å². The largest absolute Gasteiger partial charge is 0.359 e. The molecule has 0 amide bonds. The molecule has 4 nitrogen and oxygen atoms in total. The van der Waals surface area contributed by atoms with Gasteiger partial charge in [0.2, 0.25) is 0 Å². The van der Waals surface area contributed by atoms with E-state index < -0.39 is 0 Å². The molecule has 0 fully saturated rings. The number of aromatic nitrogens is 2. The summed E-state index contributed by atoms with van der Waals surface area (Å²) in [6, 6.07) is 19.1. The first-order chi connectivity index (χ1) is 12.3. The SMILES string of the molecule is Cc1ccccc1[C@@H](Nc1ncnc2c1CCNC2)c1ccccc1. The van der Waals surface area contributed by atoms with Crippen LogP contribution in [-0.4, -0.2) is 16.5 Å². The van der Waals surface area contributed by atoms with Gasteiger partial charge in [0.15, 0.2) is 0 Å². The van der Waals surface area contributed by atoms with Crippen LogP contribution in [0.5, 0.6) is 0 Å². The molecule has 0 aliphatic carbocycles. The number of fused-ring (bicyclic) bond motifs is 1. The highest BCUT2D eigenvalue weighted by molar-refractivity contribution is 5.52. The summed E-state index contributed by atoms with van der Waals surface area (Å²) in [5, 5.41) is 7.08. The third-order valence-electron chi connectivity index (χ3n) is 4.79. The molecule has 0 bridgehead atoms. The Hall–Kier alpha value is -2.72. The van der Waals surface area contributed by atoms with E-state index in [0.717, 1.165) is 31.0 Å². The monoisotopic (exact) mass is 330 g/mol. The average molecular weight is 330 g/mol. The van der Waals surface area contributed by atoms with Crippen LogP contribution >= 0.6 is 0 Å². The number of hydrogen-bond acceptors (Lipinski definition) is 4. The fourth-order valence-corrected chi connectivity index (χ4v) is 3.44. The van der Waals surface area contributed by atoms with E-state index in [1.807, 2.05) is 0 Å². The Balaban J connectivity index is 1.77. The van der Waals surface area contributed by atoms with Crippen molar-refractivity contribution in [2.24, 2.45) is 0 Å². The van der Waals surface area contributed by atoms with E-state index in [-0.39, 0.29) is 6.04 Å². The minimum Gasteiger partial charge on any atom is -0.359 e. The fraction of sp³-hybridized carbons (Fsp3) is 0.238. The van der Waals surface area contributed by atoms with Crippen molar-refractivity contribution in [2.75, 3.05) is 11.9 Å². The lowest BCUT2D eigenvalue weighted by Crippen LogP contribution is -2.27. The molecule has 1 aliphatic rings. The van der Waals surface area contributed by atoms with E-state index in [9.17, 15) is 0 Å². The molecule has 0 saturated carbocycles. The van der Waals surface area contributed by atoms with E-state index >= 15 is 0 Å². The van der Waals surface area contributed by atoms with Gasteiger partial charge in [-0.05, 0) is 36.6 Å². The highest BCUT2D eigenvalue weighted by Gasteiger charge is 2.20. The molecule has 2 heterocycles.